The van der Waals surface area contributed by atoms with E-state index in [0.717, 1.165) is 46.9 Å². The predicted octanol–water partition coefficient (Wildman–Crippen LogP) is 7.92. The van der Waals surface area contributed by atoms with Crippen molar-refractivity contribution in [2.45, 2.75) is 54.4 Å². The van der Waals surface area contributed by atoms with Gasteiger partial charge in [-0.1, -0.05) is 56.7 Å². The second-order valence-electron chi connectivity index (χ2n) is 8.13. The second kappa shape index (κ2) is 11.4. The summed E-state index contributed by atoms with van der Waals surface area (Å²) in [5, 5.41) is 3.49. The number of benzene rings is 2. The Morgan fingerprint density at radius 1 is 1.03 bits per heavy atom. The molecular weight excluding hydrogens is 368 g/mol. The number of amidine groups is 1. The third kappa shape index (κ3) is 6.91. The van der Waals surface area contributed by atoms with Crippen LogP contribution in [0.15, 0.2) is 70.9 Å². The number of nitrogens with zero attached hydrogens (tertiary/aromatic N) is 1. The van der Waals surface area contributed by atoms with E-state index in [-0.39, 0.29) is 0 Å². The lowest BCUT2D eigenvalue weighted by Gasteiger charge is -2.14. The average molecular weight is 405 g/mol. The van der Waals surface area contributed by atoms with Gasteiger partial charge in [-0.2, -0.15) is 0 Å². The summed E-state index contributed by atoms with van der Waals surface area (Å²) < 4.78 is 5.66. The number of aliphatic imine (C=N–C) groups is 1. The first kappa shape index (κ1) is 23.5. The fraction of sp³-hybridized carbons (Fsp3) is 0.370. The topological polar surface area (TPSA) is 33.6 Å². The smallest absolute Gasteiger partial charge is 0.122 e. The standard InChI is InChI=1S/C27H36N2O/c1-8-12-27(30-7)25-16-24(23-13-10-9-11-14-23)17-26(18-25)29-22(6)28-21(5)20(4)15-19(2)3/h9-14,16-19H,8,15H2,1-7H3,(H,28,29)/b21-20+,27-12-. The number of hydrogen-bond acceptors (Lipinski definition) is 2. The highest BCUT2D eigenvalue weighted by molar-refractivity contribution is 5.95. The van der Waals surface area contributed by atoms with Crippen molar-refractivity contribution in [3.63, 3.8) is 0 Å². The van der Waals surface area contributed by atoms with Gasteiger partial charge < -0.3 is 10.1 Å². The molecule has 2 aromatic rings. The zero-order valence-electron chi connectivity index (χ0n) is 19.5. The molecule has 0 aliphatic heterocycles. The van der Waals surface area contributed by atoms with Crippen molar-refractivity contribution in [1.82, 2.24) is 0 Å². The summed E-state index contributed by atoms with van der Waals surface area (Å²) in [5.74, 6) is 2.40. The van der Waals surface area contributed by atoms with Crippen LogP contribution in [0.25, 0.3) is 16.9 Å². The first-order valence-electron chi connectivity index (χ1n) is 10.8. The number of allylic oxidation sites excluding steroid dienone is 3. The molecule has 0 spiro atoms. The third-order valence-corrected chi connectivity index (χ3v) is 4.93. The fourth-order valence-corrected chi connectivity index (χ4v) is 3.49. The van der Waals surface area contributed by atoms with E-state index in [1.165, 1.54) is 11.1 Å². The van der Waals surface area contributed by atoms with Crippen molar-refractivity contribution in [3.8, 4) is 11.1 Å². The maximum absolute atomic E-state index is 5.66. The van der Waals surface area contributed by atoms with E-state index < -0.39 is 0 Å². The fourth-order valence-electron chi connectivity index (χ4n) is 3.49. The van der Waals surface area contributed by atoms with Crippen LogP contribution >= 0.6 is 0 Å². The maximum atomic E-state index is 5.66. The van der Waals surface area contributed by atoms with Crippen LogP contribution in [0.2, 0.25) is 0 Å². The van der Waals surface area contributed by atoms with Gasteiger partial charge in [-0.3, -0.25) is 0 Å². The molecule has 0 aromatic heterocycles. The molecule has 3 nitrogen and oxygen atoms in total. The summed E-state index contributed by atoms with van der Waals surface area (Å²) in [5.41, 5.74) is 6.78. The summed E-state index contributed by atoms with van der Waals surface area (Å²) >= 11 is 0. The van der Waals surface area contributed by atoms with Crippen LogP contribution in [0, 0.1) is 5.92 Å². The summed E-state index contributed by atoms with van der Waals surface area (Å²) in [6.45, 7) is 12.9. The van der Waals surface area contributed by atoms with Crippen molar-refractivity contribution >= 4 is 17.3 Å². The lowest BCUT2D eigenvalue weighted by atomic mass is 10.0. The Morgan fingerprint density at radius 3 is 2.33 bits per heavy atom. The average Bonchev–Trinajstić information content (AvgIpc) is 2.71. The Morgan fingerprint density at radius 2 is 1.73 bits per heavy atom. The number of ether oxygens (including phenoxy) is 1. The van der Waals surface area contributed by atoms with Crippen LogP contribution in [0.4, 0.5) is 5.69 Å². The van der Waals surface area contributed by atoms with Gasteiger partial charge in [0, 0.05) is 16.9 Å². The SMILES string of the molecule is CC/C=C(\OC)c1cc(NC(C)=N/C(C)=C(\C)CC(C)C)cc(-c2ccccc2)c1. The van der Waals surface area contributed by atoms with Crippen molar-refractivity contribution in [3.05, 3.63) is 71.4 Å². The van der Waals surface area contributed by atoms with Crippen LogP contribution in [0.1, 0.15) is 59.9 Å². The first-order chi connectivity index (χ1) is 14.3. The normalized spacial score (nSPS) is 13.3. The summed E-state index contributed by atoms with van der Waals surface area (Å²) in [6.07, 6.45) is 4.09. The van der Waals surface area contributed by atoms with Crippen LogP contribution in [-0.4, -0.2) is 12.9 Å². The Bertz CT molecular complexity index is 921. The molecule has 0 aliphatic carbocycles. The monoisotopic (exact) mass is 404 g/mol. The van der Waals surface area contributed by atoms with E-state index in [1.807, 2.05) is 13.0 Å². The molecule has 1 N–H and O–H groups in total. The number of nitrogens with one attached hydrogen (secondary N) is 1. The molecule has 0 saturated carbocycles. The molecule has 0 radical (unpaired) electrons. The highest BCUT2D eigenvalue weighted by Crippen LogP contribution is 2.29. The van der Waals surface area contributed by atoms with E-state index in [1.54, 1.807) is 7.11 Å². The van der Waals surface area contributed by atoms with Crippen LogP contribution in [0.5, 0.6) is 0 Å². The minimum absolute atomic E-state index is 0.631. The van der Waals surface area contributed by atoms with E-state index in [0.29, 0.717) is 5.92 Å². The highest BCUT2D eigenvalue weighted by atomic mass is 16.5. The van der Waals surface area contributed by atoms with Crippen molar-refractivity contribution in [1.29, 1.82) is 0 Å². The molecule has 0 unspecified atom stereocenters. The summed E-state index contributed by atoms with van der Waals surface area (Å²) in [7, 11) is 1.72. The van der Waals surface area contributed by atoms with Gasteiger partial charge in [-0.25, -0.2) is 4.99 Å². The first-order valence-corrected chi connectivity index (χ1v) is 10.8. The van der Waals surface area contributed by atoms with E-state index in [2.05, 4.69) is 88.5 Å². The van der Waals surface area contributed by atoms with Gasteiger partial charge in [0.05, 0.1) is 7.11 Å². The predicted molar refractivity (Wildman–Crippen MR) is 132 cm³/mol. The van der Waals surface area contributed by atoms with Gasteiger partial charge in [-0.05, 0) is 74.9 Å². The molecule has 3 heteroatoms. The molecular formula is C27H36N2O. The molecule has 0 fully saturated rings. The van der Waals surface area contributed by atoms with Crippen LogP contribution < -0.4 is 5.32 Å². The summed E-state index contributed by atoms with van der Waals surface area (Å²) in [6, 6.07) is 16.9. The van der Waals surface area contributed by atoms with Crippen molar-refractivity contribution < 1.29 is 4.74 Å². The molecule has 2 aromatic carbocycles. The van der Waals surface area contributed by atoms with Gasteiger partial charge in [0.2, 0.25) is 0 Å². The van der Waals surface area contributed by atoms with Gasteiger partial charge >= 0.3 is 0 Å². The number of methoxy groups -OCH3 is 1. The quantitative estimate of drug-likeness (QED) is 0.275. The highest BCUT2D eigenvalue weighted by Gasteiger charge is 2.09. The van der Waals surface area contributed by atoms with Gasteiger partial charge in [-0.15, -0.1) is 0 Å². The number of rotatable bonds is 8. The van der Waals surface area contributed by atoms with Gasteiger partial charge in [0.1, 0.15) is 11.6 Å². The van der Waals surface area contributed by atoms with E-state index in [9.17, 15) is 0 Å². The zero-order valence-corrected chi connectivity index (χ0v) is 19.5. The molecule has 0 bridgehead atoms. The number of hydrogen-bond donors (Lipinski definition) is 1. The van der Waals surface area contributed by atoms with Crippen LogP contribution in [0.3, 0.4) is 0 Å². The number of anilines is 1. The minimum Gasteiger partial charge on any atom is -0.496 e. The zero-order chi connectivity index (χ0) is 22.1. The third-order valence-electron chi connectivity index (χ3n) is 4.93. The van der Waals surface area contributed by atoms with Crippen molar-refractivity contribution in [2.24, 2.45) is 10.9 Å². The van der Waals surface area contributed by atoms with E-state index >= 15 is 0 Å². The van der Waals surface area contributed by atoms with Crippen molar-refractivity contribution in [2.75, 3.05) is 12.4 Å². The minimum atomic E-state index is 0.631. The molecule has 2 rings (SSSR count). The van der Waals surface area contributed by atoms with Gasteiger partial charge in [0.25, 0.3) is 0 Å². The Kier molecular flexibility index (Phi) is 8.91. The van der Waals surface area contributed by atoms with Gasteiger partial charge in [0.15, 0.2) is 0 Å². The molecule has 0 aliphatic rings. The Labute approximate surface area is 182 Å². The largest absolute Gasteiger partial charge is 0.496 e. The second-order valence-corrected chi connectivity index (χ2v) is 8.13. The molecule has 160 valence electrons. The summed E-state index contributed by atoms with van der Waals surface area (Å²) in [4.78, 5) is 4.80. The maximum Gasteiger partial charge on any atom is 0.122 e. The Hall–Kier alpha value is -2.81. The van der Waals surface area contributed by atoms with E-state index in [4.69, 9.17) is 9.73 Å². The molecule has 0 amide bonds. The lowest BCUT2D eigenvalue weighted by molar-refractivity contribution is 0.369. The lowest BCUT2D eigenvalue weighted by Crippen LogP contribution is -2.08. The molecule has 0 saturated heterocycles. The molecule has 30 heavy (non-hydrogen) atoms. The molecule has 0 atom stereocenters. The Balaban J connectivity index is 2.43. The van der Waals surface area contributed by atoms with Crippen LogP contribution in [-0.2, 0) is 4.74 Å². The molecule has 0 heterocycles.